The molecule has 16 heteroatoms. The largest absolute Gasteiger partial charge is 0.405 e. The molecule has 0 radical (unpaired) electrons. The highest BCUT2D eigenvalue weighted by Gasteiger charge is 2.58. The van der Waals surface area contributed by atoms with Gasteiger partial charge in [-0.05, 0) is 20.8 Å². The first-order valence-corrected chi connectivity index (χ1v) is 14.9. The summed E-state index contributed by atoms with van der Waals surface area (Å²) in [5.74, 6) is 0.192. The minimum absolute atomic E-state index is 0.0732. The number of aliphatic hydroxyl groups is 1. The Morgan fingerprint density at radius 1 is 1.37 bits per heavy atom. The summed E-state index contributed by atoms with van der Waals surface area (Å²) in [6.07, 6.45) is -4.39. The van der Waals surface area contributed by atoms with E-state index in [9.17, 15) is 24.1 Å². The second-order valence-corrected chi connectivity index (χ2v) is 13.5. The van der Waals surface area contributed by atoms with Crippen molar-refractivity contribution >= 4 is 36.2 Å². The number of nitrogens with zero attached hydrogens (tertiary/aromatic N) is 1. The third-order valence-corrected chi connectivity index (χ3v) is 8.56. The Bertz CT molecular complexity index is 1110. The summed E-state index contributed by atoms with van der Waals surface area (Å²) in [5.41, 5.74) is -2.28. The summed E-state index contributed by atoms with van der Waals surface area (Å²) in [5, 5.41) is 10.1. The number of aliphatic hydroxyl groups excluding tert-OH is 1. The van der Waals surface area contributed by atoms with E-state index >= 15 is 4.39 Å². The Labute approximate surface area is 229 Å². The van der Waals surface area contributed by atoms with Crippen molar-refractivity contribution in [3.63, 3.8) is 0 Å². The molecule has 1 aromatic heterocycles. The molecular formula is C22H36ClFN3O9PS. The fraction of sp³-hybridized carbons (Fsp3) is 0.773. The lowest BCUT2D eigenvalue weighted by molar-refractivity contribution is -0.117. The van der Waals surface area contributed by atoms with Gasteiger partial charge < -0.3 is 14.6 Å². The smallest absolute Gasteiger partial charge is 0.385 e. The molecule has 6 unspecified atom stereocenters. The second-order valence-electron chi connectivity index (χ2n) is 10.1. The zero-order valence-electron chi connectivity index (χ0n) is 22.1. The predicted molar refractivity (Wildman–Crippen MR) is 141 cm³/mol. The van der Waals surface area contributed by atoms with E-state index in [2.05, 4.69) is 5.09 Å². The number of H-pyrrole nitrogens is 1. The molecule has 1 aliphatic heterocycles. The van der Waals surface area contributed by atoms with E-state index in [4.69, 9.17) is 30.1 Å². The molecule has 12 nitrogen and oxygen atoms in total. The van der Waals surface area contributed by atoms with Crippen LogP contribution < -0.4 is 16.3 Å². The van der Waals surface area contributed by atoms with Gasteiger partial charge in [0.25, 0.3) is 10.7 Å². The molecule has 218 valence electrons. The van der Waals surface area contributed by atoms with Crippen LogP contribution in [0.2, 0.25) is 0 Å². The van der Waals surface area contributed by atoms with Gasteiger partial charge in [-0.2, -0.15) is 0 Å². The van der Waals surface area contributed by atoms with E-state index in [0.29, 0.717) is 4.57 Å². The lowest BCUT2D eigenvalue weighted by Gasteiger charge is -2.25. The van der Waals surface area contributed by atoms with Crippen molar-refractivity contribution in [1.82, 2.24) is 14.6 Å². The second kappa shape index (κ2) is 13.5. The van der Waals surface area contributed by atoms with Crippen molar-refractivity contribution in [2.45, 2.75) is 77.3 Å². The average molecular weight is 604 g/mol. The summed E-state index contributed by atoms with van der Waals surface area (Å²) < 4.78 is 51.4. The molecule has 0 aromatic carbocycles. The van der Waals surface area contributed by atoms with Gasteiger partial charge in [0.2, 0.25) is 0 Å². The van der Waals surface area contributed by atoms with Gasteiger partial charge in [0, 0.05) is 29.5 Å². The molecular weight excluding hydrogens is 568 g/mol. The van der Waals surface area contributed by atoms with Crippen LogP contribution in [-0.2, 0) is 27.9 Å². The molecule has 0 saturated carbocycles. The maximum absolute atomic E-state index is 15.2. The van der Waals surface area contributed by atoms with E-state index in [1.54, 1.807) is 27.7 Å². The molecule has 1 aliphatic rings. The van der Waals surface area contributed by atoms with Gasteiger partial charge in [-0.3, -0.25) is 28.2 Å². The Hall–Kier alpha value is -1.09. The van der Waals surface area contributed by atoms with Crippen LogP contribution in [0.4, 0.5) is 4.39 Å². The van der Waals surface area contributed by atoms with Crippen molar-refractivity contribution in [2.24, 2.45) is 5.41 Å². The van der Waals surface area contributed by atoms with Crippen LogP contribution in [0.3, 0.4) is 0 Å². The minimum Gasteiger partial charge on any atom is -0.385 e. The Morgan fingerprint density at radius 2 is 2.03 bits per heavy atom. The van der Waals surface area contributed by atoms with Crippen LogP contribution in [0.15, 0.2) is 21.9 Å². The number of aromatic nitrogens is 2. The van der Waals surface area contributed by atoms with Gasteiger partial charge in [0.05, 0.1) is 25.9 Å². The number of carbonyl (C=O) groups excluding carboxylic acids is 1. The Morgan fingerprint density at radius 3 is 2.61 bits per heavy atom. The van der Waals surface area contributed by atoms with Crippen LogP contribution in [0, 0.1) is 5.41 Å². The Balaban J connectivity index is 2.12. The molecule has 1 saturated heterocycles. The van der Waals surface area contributed by atoms with Gasteiger partial charge in [0.1, 0.15) is 12.2 Å². The zero-order chi connectivity index (χ0) is 28.9. The number of alkyl halides is 2. The topological polar surface area (TPSA) is 158 Å². The van der Waals surface area contributed by atoms with E-state index in [1.165, 1.54) is 0 Å². The molecule has 1 aromatic rings. The van der Waals surface area contributed by atoms with Crippen LogP contribution in [0.5, 0.6) is 0 Å². The fourth-order valence-corrected chi connectivity index (χ4v) is 5.87. The molecule has 1 fully saturated rings. The molecule has 2 rings (SSSR count). The maximum Gasteiger partial charge on any atom is 0.405 e. The number of ether oxygens (including phenoxy) is 2. The summed E-state index contributed by atoms with van der Waals surface area (Å²) in [6.45, 7) is 10.1. The number of nitrogens with one attached hydrogen (secondary N) is 2. The van der Waals surface area contributed by atoms with Crippen LogP contribution in [-0.4, -0.2) is 74.8 Å². The standard InChI is InChI=1S/C22H36ClFN3O9PS/c1-13(2)33-11-14(3)26-37(32,34-9-10-38-19(30)21(4,5)6)35-12-15-17(29)22(23,24)18(36-15)27-8-7-16(28)25-20(27)31/h7-8,13-15,17-18,29H,9-12H2,1-6H3,(H,26,32)(H,25,28,31). The summed E-state index contributed by atoms with van der Waals surface area (Å²) in [6, 6.07) is 0.463. The predicted octanol–water partition coefficient (Wildman–Crippen LogP) is 2.55. The van der Waals surface area contributed by atoms with Gasteiger partial charge in [-0.25, -0.2) is 18.8 Å². The number of hydrogen-bond acceptors (Lipinski definition) is 10. The minimum atomic E-state index is -4.09. The average Bonchev–Trinajstić information content (AvgIpc) is 3.02. The van der Waals surface area contributed by atoms with E-state index in [-0.39, 0.29) is 30.2 Å². The molecule has 3 N–H and O–H groups in total. The molecule has 2 heterocycles. The summed E-state index contributed by atoms with van der Waals surface area (Å²) >= 11 is 6.90. The monoisotopic (exact) mass is 603 g/mol. The number of halogens is 2. The first kappa shape index (κ1) is 33.1. The van der Waals surface area contributed by atoms with Gasteiger partial charge in [0.15, 0.2) is 11.3 Å². The molecule has 0 bridgehead atoms. The van der Waals surface area contributed by atoms with Crippen LogP contribution in [0.25, 0.3) is 0 Å². The highest BCUT2D eigenvalue weighted by molar-refractivity contribution is 8.13. The quantitative estimate of drug-likeness (QED) is 0.173. The fourth-order valence-electron chi connectivity index (χ4n) is 3.15. The lowest BCUT2D eigenvalue weighted by atomic mass is 10.00. The number of carbonyl (C=O) groups is 1. The van der Waals surface area contributed by atoms with Crippen molar-refractivity contribution in [2.75, 3.05) is 25.6 Å². The first-order chi connectivity index (χ1) is 17.5. The number of thioether (sulfide) groups is 1. The third-order valence-electron chi connectivity index (χ3n) is 5.14. The van der Waals surface area contributed by atoms with E-state index < -0.39 is 60.6 Å². The van der Waals surface area contributed by atoms with Gasteiger partial charge in [-0.1, -0.05) is 44.1 Å². The molecule has 6 atom stereocenters. The van der Waals surface area contributed by atoms with Gasteiger partial charge >= 0.3 is 13.4 Å². The number of hydrogen-bond donors (Lipinski definition) is 3. The SMILES string of the molecule is CC(COC(C)C)NP(=O)(OCCSC(=O)C(C)(C)C)OCC1OC(n2ccc(=O)[nH]c2=O)C(F)(Cl)C1O. The molecule has 0 spiro atoms. The van der Waals surface area contributed by atoms with Gasteiger partial charge in [-0.15, -0.1) is 0 Å². The summed E-state index contributed by atoms with van der Waals surface area (Å²) in [7, 11) is -4.09. The molecule has 0 amide bonds. The summed E-state index contributed by atoms with van der Waals surface area (Å²) in [4.78, 5) is 37.5. The lowest BCUT2D eigenvalue weighted by Crippen LogP contribution is -2.42. The molecule has 0 aliphatic carbocycles. The molecule has 38 heavy (non-hydrogen) atoms. The van der Waals surface area contributed by atoms with Crippen molar-refractivity contribution in [1.29, 1.82) is 0 Å². The van der Waals surface area contributed by atoms with E-state index in [0.717, 1.165) is 24.0 Å². The van der Waals surface area contributed by atoms with Crippen LogP contribution in [0.1, 0.15) is 47.8 Å². The highest BCUT2D eigenvalue weighted by Crippen LogP contribution is 2.48. The number of rotatable bonds is 13. The van der Waals surface area contributed by atoms with Crippen LogP contribution >= 0.6 is 31.1 Å². The van der Waals surface area contributed by atoms with E-state index in [1.807, 2.05) is 18.8 Å². The zero-order valence-corrected chi connectivity index (χ0v) is 24.6. The normalized spacial score (nSPS) is 26.4. The van der Waals surface area contributed by atoms with Crippen molar-refractivity contribution in [3.8, 4) is 0 Å². The van der Waals surface area contributed by atoms with Crippen molar-refractivity contribution in [3.05, 3.63) is 33.1 Å². The highest BCUT2D eigenvalue weighted by atomic mass is 35.5. The Kier molecular flexibility index (Phi) is 11.8. The number of aromatic amines is 1. The maximum atomic E-state index is 15.2. The van der Waals surface area contributed by atoms with Crippen molar-refractivity contribution < 1.29 is 37.4 Å². The first-order valence-electron chi connectivity index (χ1n) is 11.9. The third kappa shape index (κ3) is 9.24.